The first kappa shape index (κ1) is 17.6. The van der Waals surface area contributed by atoms with Crippen molar-refractivity contribution in [3.63, 3.8) is 0 Å². The van der Waals surface area contributed by atoms with Gasteiger partial charge >= 0.3 is 0 Å². The first-order valence-corrected chi connectivity index (χ1v) is 9.76. The smallest absolute Gasteiger partial charge is 0.134 e. The average Bonchev–Trinajstić information content (AvgIpc) is 2.72. The Morgan fingerprint density at radius 3 is 2.37 bits per heavy atom. The molecule has 0 heterocycles. The monoisotopic (exact) mass is 417 g/mol. The van der Waals surface area contributed by atoms with E-state index in [1.807, 2.05) is 24.3 Å². The molecule has 0 amide bonds. The van der Waals surface area contributed by atoms with Crippen molar-refractivity contribution in [1.82, 2.24) is 0 Å². The predicted molar refractivity (Wildman–Crippen MR) is 116 cm³/mol. The van der Waals surface area contributed by atoms with Crippen LogP contribution in [0.5, 0.6) is 5.75 Å². The Morgan fingerprint density at radius 2 is 1.52 bits per heavy atom. The van der Waals surface area contributed by atoms with Crippen molar-refractivity contribution < 1.29 is 4.74 Å². The van der Waals surface area contributed by atoms with E-state index in [2.05, 4.69) is 88.0 Å². The highest BCUT2D eigenvalue weighted by Crippen LogP contribution is 2.28. The largest absolute Gasteiger partial charge is 0.488 e. The van der Waals surface area contributed by atoms with Crippen LogP contribution in [0.4, 0.5) is 5.69 Å². The summed E-state index contributed by atoms with van der Waals surface area (Å²) < 4.78 is 6.90. The van der Waals surface area contributed by atoms with Gasteiger partial charge in [0, 0.05) is 17.6 Å². The first-order chi connectivity index (χ1) is 13.3. The van der Waals surface area contributed by atoms with Gasteiger partial charge in [0.25, 0.3) is 0 Å². The van der Waals surface area contributed by atoms with Crippen molar-refractivity contribution in [2.45, 2.75) is 13.2 Å². The first-order valence-electron chi connectivity index (χ1n) is 8.96. The summed E-state index contributed by atoms with van der Waals surface area (Å²) in [4.78, 5) is 0. The molecule has 0 unspecified atom stereocenters. The van der Waals surface area contributed by atoms with Crippen molar-refractivity contribution in [3.8, 4) is 5.75 Å². The van der Waals surface area contributed by atoms with Crippen LogP contribution >= 0.6 is 15.9 Å². The average molecular weight is 418 g/mol. The number of fused-ring (bicyclic) bond motifs is 1. The van der Waals surface area contributed by atoms with Crippen molar-refractivity contribution in [2.24, 2.45) is 0 Å². The molecule has 134 valence electrons. The minimum Gasteiger partial charge on any atom is -0.488 e. The minimum absolute atomic E-state index is 0.563. The van der Waals surface area contributed by atoms with Crippen LogP contribution in [0.15, 0.2) is 95.5 Å². The van der Waals surface area contributed by atoms with Gasteiger partial charge in [0.05, 0.1) is 4.47 Å². The zero-order valence-corrected chi connectivity index (χ0v) is 16.4. The fourth-order valence-electron chi connectivity index (χ4n) is 3.08. The predicted octanol–water partition coefficient (Wildman–Crippen LogP) is 6.79. The summed E-state index contributed by atoms with van der Waals surface area (Å²) in [6, 6.07) is 31.2. The minimum atomic E-state index is 0.563. The van der Waals surface area contributed by atoms with E-state index in [0.29, 0.717) is 6.61 Å². The number of ether oxygens (including phenoxy) is 1. The Morgan fingerprint density at radius 1 is 0.741 bits per heavy atom. The van der Waals surface area contributed by atoms with Crippen LogP contribution in [0.25, 0.3) is 10.8 Å². The molecule has 0 aliphatic carbocycles. The molecule has 0 spiro atoms. The van der Waals surface area contributed by atoms with E-state index >= 15 is 0 Å². The number of hydrogen-bond acceptors (Lipinski definition) is 2. The third-order valence-electron chi connectivity index (χ3n) is 4.51. The second-order valence-electron chi connectivity index (χ2n) is 6.42. The second kappa shape index (κ2) is 8.28. The molecule has 0 fully saturated rings. The summed E-state index contributed by atoms with van der Waals surface area (Å²) in [6.45, 7) is 1.32. The summed E-state index contributed by atoms with van der Waals surface area (Å²) in [6.07, 6.45) is 0. The molecule has 0 saturated carbocycles. The molecule has 0 aliphatic rings. The number of hydrogen-bond donors (Lipinski definition) is 1. The standard InChI is InChI=1S/C24H20BrNO/c25-22-15-19(13-14-24(22)27-17-18-7-2-1-3-8-18)16-26-23-12-6-10-20-9-4-5-11-21(20)23/h1-15,26H,16-17H2. The molecular formula is C24H20BrNO. The Hall–Kier alpha value is -2.78. The summed E-state index contributed by atoms with van der Waals surface area (Å²) >= 11 is 3.63. The summed E-state index contributed by atoms with van der Waals surface area (Å²) in [5.74, 6) is 0.854. The molecule has 27 heavy (non-hydrogen) atoms. The number of benzene rings is 4. The van der Waals surface area contributed by atoms with E-state index in [1.54, 1.807) is 0 Å². The molecule has 0 aromatic heterocycles. The molecule has 3 heteroatoms. The van der Waals surface area contributed by atoms with E-state index < -0.39 is 0 Å². The van der Waals surface area contributed by atoms with Crippen molar-refractivity contribution in [2.75, 3.05) is 5.32 Å². The van der Waals surface area contributed by atoms with Gasteiger partial charge in [-0.15, -0.1) is 0 Å². The lowest BCUT2D eigenvalue weighted by molar-refractivity contribution is 0.304. The van der Waals surface area contributed by atoms with Crippen LogP contribution in [0.1, 0.15) is 11.1 Å². The number of rotatable bonds is 6. The molecule has 0 radical (unpaired) electrons. The van der Waals surface area contributed by atoms with E-state index in [4.69, 9.17) is 4.74 Å². The van der Waals surface area contributed by atoms with Gasteiger partial charge in [0.1, 0.15) is 12.4 Å². The van der Waals surface area contributed by atoms with Crippen molar-refractivity contribution in [3.05, 3.63) is 107 Å². The summed E-state index contributed by atoms with van der Waals surface area (Å²) in [5.41, 5.74) is 3.50. The molecule has 0 bridgehead atoms. The third kappa shape index (κ3) is 4.32. The molecule has 0 atom stereocenters. The van der Waals surface area contributed by atoms with Gasteiger partial charge in [0.2, 0.25) is 0 Å². The van der Waals surface area contributed by atoms with E-state index in [-0.39, 0.29) is 0 Å². The Balaban J connectivity index is 1.43. The molecule has 0 aliphatic heterocycles. The van der Waals surface area contributed by atoms with Crippen LogP contribution in [0, 0.1) is 0 Å². The molecular weight excluding hydrogens is 398 g/mol. The van der Waals surface area contributed by atoms with Crippen LogP contribution in [0.3, 0.4) is 0 Å². The van der Waals surface area contributed by atoms with Crippen molar-refractivity contribution >= 4 is 32.4 Å². The molecule has 4 rings (SSSR count). The lowest BCUT2D eigenvalue weighted by Gasteiger charge is -2.12. The zero-order chi connectivity index (χ0) is 18.5. The van der Waals surface area contributed by atoms with Gasteiger partial charge in [-0.1, -0.05) is 72.8 Å². The highest BCUT2D eigenvalue weighted by Gasteiger charge is 2.05. The van der Waals surface area contributed by atoms with E-state index in [1.165, 1.54) is 16.3 Å². The summed E-state index contributed by atoms with van der Waals surface area (Å²) in [5, 5.41) is 6.03. The molecule has 2 nitrogen and oxygen atoms in total. The fraction of sp³-hybridized carbons (Fsp3) is 0.0833. The SMILES string of the molecule is Brc1cc(CNc2cccc3ccccc23)ccc1OCc1ccccc1. The van der Waals surface area contributed by atoms with Crippen LogP contribution in [0.2, 0.25) is 0 Å². The number of nitrogens with one attached hydrogen (secondary N) is 1. The van der Waals surface area contributed by atoms with Crippen LogP contribution in [-0.2, 0) is 13.2 Å². The quantitative estimate of drug-likeness (QED) is 0.372. The molecule has 4 aromatic rings. The van der Waals surface area contributed by atoms with Crippen LogP contribution in [-0.4, -0.2) is 0 Å². The van der Waals surface area contributed by atoms with Gasteiger partial charge in [-0.2, -0.15) is 0 Å². The van der Waals surface area contributed by atoms with E-state index in [0.717, 1.165) is 28.0 Å². The third-order valence-corrected chi connectivity index (χ3v) is 5.13. The second-order valence-corrected chi connectivity index (χ2v) is 7.27. The van der Waals surface area contributed by atoms with Gasteiger partial charge < -0.3 is 10.1 Å². The van der Waals surface area contributed by atoms with E-state index in [9.17, 15) is 0 Å². The topological polar surface area (TPSA) is 21.3 Å². The van der Waals surface area contributed by atoms with Gasteiger partial charge in [-0.25, -0.2) is 0 Å². The lowest BCUT2D eigenvalue weighted by atomic mass is 10.1. The fourth-order valence-corrected chi connectivity index (χ4v) is 3.62. The summed E-state index contributed by atoms with van der Waals surface area (Å²) in [7, 11) is 0. The normalized spacial score (nSPS) is 10.7. The zero-order valence-electron chi connectivity index (χ0n) is 14.9. The maximum atomic E-state index is 5.93. The lowest BCUT2D eigenvalue weighted by Crippen LogP contribution is -2.01. The molecule has 1 N–H and O–H groups in total. The number of halogens is 1. The number of anilines is 1. The van der Waals surface area contributed by atoms with Gasteiger partial charge in [0.15, 0.2) is 0 Å². The molecule has 0 saturated heterocycles. The van der Waals surface area contributed by atoms with Gasteiger partial charge in [-0.05, 0) is 50.6 Å². The Bertz CT molecular complexity index is 1040. The van der Waals surface area contributed by atoms with Gasteiger partial charge in [-0.3, -0.25) is 0 Å². The maximum Gasteiger partial charge on any atom is 0.134 e. The highest BCUT2D eigenvalue weighted by atomic mass is 79.9. The molecule has 4 aromatic carbocycles. The Labute approximate surface area is 167 Å². The van der Waals surface area contributed by atoms with Crippen molar-refractivity contribution in [1.29, 1.82) is 0 Å². The maximum absolute atomic E-state index is 5.93. The Kier molecular flexibility index (Phi) is 5.40. The highest BCUT2D eigenvalue weighted by molar-refractivity contribution is 9.10. The van der Waals surface area contributed by atoms with Crippen LogP contribution < -0.4 is 10.1 Å².